The van der Waals surface area contributed by atoms with E-state index in [2.05, 4.69) is 6.58 Å². The number of hydrogen-bond donors (Lipinski definition) is 6. The fourth-order valence-corrected chi connectivity index (χ4v) is 2.33. The van der Waals surface area contributed by atoms with E-state index in [1.807, 2.05) is 0 Å². The van der Waals surface area contributed by atoms with Crippen LogP contribution in [-0.4, -0.2) is 110 Å². The first-order valence-corrected chi connectivity index (χ1v) is 8.55. The van der Waals surface area contributed by atoms with Crippen molar-refractivity contribution in [2.75, 3.05) is 19.7 Å². The Balaban J connectivity index is 2.83. The zero-order chi connectivity index (χ0) is 22.8. The number of aliphatic hydroxyl groups is 2. The average Bonchev–Trinajstić information content (AvgIpc) is 2.68. The molecule has 0 saturated carbocycles. The van der Waals surface area contributed by atoms with Crippen molar-refractivity contribution in [3.8, 4) is 0 Å². The fourth-order valence-electron chi connectivity index (χ4n) is 2.33. The van der Waals surface area contributed by atoms with Crippen LogP contribution in [0.25, 0.3) is 0 Å². The molecular weight excluding hydrogens is 416 g/mol. The maximum atomic E-state index is 11.9. The molecule has 5 unspecified atom stereocenters. The van der Waals surface area contributed by atoms with Gasteiger partial charge in [-0.15, -0.1) is 0 Å². The molecule has 0 aromatic rings. The molecule has 1 aliphatic rings. The standard InChI is InChI=1S/C15H24N2O13/c1-2-9(18)29-14-13(30-11(20)4-6-17(25)26)12(21)8(28-15(14)22)7-27-10(19)3-5-16(23)24/h2,8,12-15,21-26H,1,3-7H2. The van der Waals surface area contributed by atoms with Gasteiger partial charge >= 0.3 is 17.9 Å². The van der Waals surface area contributed by atoms with Crippen molar-refractivity contribution in [1.29, 1.82) is 0 Å². The van der Waals surface area contributed by atoms with E-state index >= 15 is 0 Å². The van der Waals surface area contributed by atoms with Crippen LogP contribution in [0.2, 0.25) is 0 Å². The molecule has 5 atom stereocenters. The minimum Gasteiger partial charge on any atom is -0.463 e. The lowest BCUT2D eigenvalue weighted by atomic mass is 9.98. The number of rotatable bonds is 11. The van der Waals surface area contributed by atoms with Gasteiger partial charge in [0.1, 0.15) is 18.8 Å². The lowest BCUT2D eigenvalue weighted by Gasteiger charge is -2.41. The first-order valence-electron chi connectivity index (χ1n) is 8.55. The van der Waals surface area contributed by atoms with Gasteiger partial charge in [-0.25, -0.2) is 4.79 Å². The molecule has 1 saturated heterocycles. The maximum absolute atomic E-state index is 11.9. The van der Waals surface area contributed by atoms with E-state index in [-0.39, 0.29) is 10.5 Å². The van der Waals surface area contributed by atoms with Crippen molar-refractivity contribution in [3.05, 3.63) is 12.7 Å². The molecule has 15 nitrogen and oxygen atoms in total. The number of hydrogen-bond acceptors (Lipinski definition) is 15. The van der Waals surface area contributed by atoms with Gasteiger partial charge < -0.3 is 29.2 Å². The van der Waals surface area contributed by atoms with E-state index in [1.54, 1.807) is 0 Å². The Bertz CT molecular complexity index is 599. The number of nitrogens with zero attached hydrogens (tertiary/aromatic N) is 2. The van der Waals surface area contributed by atoms with Crippen molar-refractivity contribution in [2.24, 2.45) is 0 Å². The SMILES string of the molecule is C=CC(=O)OC1C(O)OC(COC(=O)CCN(O)O)C(O)C1OC(=O)CCN(O)O. The second-order valence-corrected chi connectivity index (χ2v) is 5.99. The van der Waals surface area contributed by atoms with Crippen LogP contribution in [0.15, 0.2) is 12.7 Å². The molecule has 1 heterocycles. The van der Waals surface area contributed by atoms with Crippen molar-refractivity contribution in [2.45, 2.75) is 43.5 Å². The third kappa shape index (κ3) is 8.66. The minimum absolute atomic E-state index is 0.231. The second-order valence-electron chi connectivity index (χ2n) is 5.99. The fraction of sp³-hybridized carbons (Fsp3) is 0.667. The summed E-state index contributed by atoms with van der Waals surface area (Å²) in [4.78, 5) is 34.9. The molecule has 0 aromatic carbocycles. The molecular formula is C15H24N2O13. The number of carbonyl (C=O) groups excluding carboxylic acids is 3. The Morgan fingerprint density at radius 3 is 2.03 bits per heavy atom. The van der Waals surface area contributed by atoms with Gasteiger partial charge in [0.25, 0.3) is 0 Å². The molecule has 0 radical (unpaired) electrons. The monoisotopic (exact) mass is 440 g/mol. The zero-order valence-corrected chi connectivity index (χ0v) is 15.6. The third-order valence-electron chi connectivity index (χ3n) is 3.76. The molecule has 1 fully saturated rings. The Labute approximate surface area is 169 Å². The molecule has 0 amide bonds. The third-order valence-corrected chi connectivity index (χ3v) is 3.76. The smallest absolute Gasteiger partial charge is 0.330 e. The summed E-state index contributed by atoms with van der Waals surface area (Å²) in [6.45, 7) is 1.56. The number of ether oxygens (including phenoxy) is 4. The molecule has 0 aliphatic carbocycles. The summed E-state index contributed by atoms with van der Waals surface area (Å²) in [5.41, 5.74) is 0. The summed E-state index contributed by atoms with van der Waals surface area (Å²) in [6.07, 6.45) is -8.57. The average molecular weight is 440 g/mol. The van der Waals surface area contributed by atoms with Crippen LogP contribution in [0, 0.1) is 0 Å². The Morgan fingerprint density at radius 2 is 1.50 bits per heavy atom. The van der Waals surface area contributed by atoms with E-state index in [0.29, 0.717) is 0 Å². The quantitative estimate of drug-likeness (QED) is 0.0851. The highest BCUT2D eigenvalue weighted by Crippen LogP contribution is 2.26. The molecule has 172 valence electrons. The predicted octanol–water partition coefficient (Wildman–Crippen LogP) is -2.44. The van der Waals surface area contributed by atoms with Gasteiger partial charge in [0.2, 0.25) is 0 Å². The van der Waals surface area contributed by atoms with Gasteiger partial charge in [-0.1, -0.05) is 17.0 Å². The van der Waals surface area contributed by atoms with Crippen LogP contribution in [0.1, 0.15) is 12.8 Å². The van der Waals surface area contributed by atoms with Crippen LogP contribution < -0.4 is 0 Å². The van der Waals surface area contributed by atoms with Crippen molar-refractivity contribution in [3.63, 3.8) is 0 Å². The normalized spacial score (nSPS) is 26.3. The summed E-state index contributed by atoms with van der Waals surface area (Å²) < 4.78 is 19.7. The topological polar surface area (TPSA) is 216 Å². The van der Waals surface area contributed by atoms with Crippen LogP contribution in [0.5, 0.6) is 0 Å². The lowest BCUT2D eigenvalue weighted by molar-refractivity contribution is -0.309. The number of hydroxylamine groups is 4. The Hall–Kier alpha value is -2.21. The van der Waals surface area contributed by atoms with E-state index in [0.717, 1.165) is 6.08 Å². The number of carbonyl (C=O) groups is 3. The lowest BCUT2D eigenvalue weighted by Crippen LogP contribution is -2.61. The maximum Gasteiger partial charge on any atom is 0.330 e. The van der Waals surface area contributed by atoms with Gasteiger partial charge in [-0.3, -0.25) is 30.4 Å². The predicted molar refractivity (Wildman–Crippen MR) is 87.6 cm³/mol. The van der Waals surface area contributed by atoms with Gasteiger partial charge in [-0.05, 0) is 0 Å². The van der Waals surface area contributed by atoms with Crippen molar-refractivity contribution < 1.29 is 64.4 Å². The van der Waals surface area contributed by atoms with Crippen molar-refractivity contribution in [1.82, 2.24) is 10.5 Å². The Kier molecular flexibility index (Phi) is 10.7. The second kappa shape index (κ2) is 12.5. The van der Waals surface area contributed by atoms with Crippen LogP contribution in [-0.2, 0) is 33.3 Å². The van der Waals surface area contributed by atoms with Gasteiger partial charge in [0, 0.05) is 6.08 Å². The molecule has 15 heteroatoms. The van der Waals surface area contributed by atoms with E-state index < -0.39 is 81.2 Å². The van der Waals surface area contributed by atoms with E-state index in [4.69, 9.17) is 39.8 Å². The molecule has 0 spiro atoms. The molecule has 1 aliphatic heterocycles. The Morgan fingerprint density at radius 1 is 0.933 bits per heavy atom. The van der Waals surface area contributed by atoms with Crippen LogP contribution in [0.3, 0.4) is 0 Å². The minimum atomic E-state index is -1.89. The summed E-state index contributed by atoms with van der Waals surface area (Å²) in [5.74, 6) is -2.95. The highest BCUT2D eigenvalue weighted by Gasteiger charge is 2.49. The van der Waals surface area contributed by atoms with Gasteiger partial charge in [0.05, 0.1) is 25.9 Å². The molecule has 6 N–H and O–H groups in total. The highest BCUT2D eigenvalue weighted by atomic mass is 16.8. The summed E-state index contributed by atoms with van der Waals surface area (Å²) in [7, 11) is 0. The summed E-state index contributed by atoms with van der Waals surface area (Å²) >= 11 is 0. The highest BCUT2D eigenvalue weighted by molar-refractivity contribution is 5.81. The largest absolute Gasteiger partial charge is 0.463 e. The van der Waals surface area contributed by atoms with E-state index in [1.165, 1.54) is 0 Å². The number of aliphatic hydroxyl groups excluding tert-OH is 2. The molecule has 0 aromatic heterocycles. The van der Waals surface area contributed by atoms with Crippen molar-refractivity contribution >= 4 is 17.9 Å². The zero-order valence-electron chi connectivity index (χ0n) is 15.6. The first kappa shape index (κ1) is 25.8. The van der Waals surface area contributed by atoms with Crippen LogP contribution in [0.4, 0.5) is 0 Å². The first-order chi connectivity index (χ1) is 14.0. The summed E-state index contributed by atoms with van der Waals surface area (Å²) in [6, 6.07) is 0. The number of esters is 3. The molecule has 30 heavy (non-hydrogen) atoms. The molecule has 1 rings (SSSR count). The van der Waals surface area contributed by atoms with Crippen LogP contribution >= 0.6 is 0 Å². The molecule has 0 bridgehead atoms. The summed E-state index contributed by atoms with van der Waals surface area (Å²) in [5, 5.41) is 54.5. The van der Waals surface area contributed by atoms with E-state index in [9.17, 15) is 24.6 Å². The van der Waals surface area contributed by atoms with Gasteiger partial charge in [0.15, 0.2) is 18.5 Å². The van der Waals surface area contributed by atoms with Gasteiger partial charge in [-0.2, -0.15) is 0 Å².